The van der Waals surface area contributed by atoms with Gasteiger partial charge in [0, 0.05) is 27.7 Å². The molecule has 0 radical (unpaired) electrons. The zero-order valence-corrected chi connectivity index (χ0v) is 20.8. The monoisotopic (exact) mass is 512 g/mol. The van der Waals surface area contributed by atoms with E-state index in [1.165, 1.54) is 6.42 Å². The van der Waals surface area contributed by atoms with Gasteiger partial charge in [0.15, 0.2) is 5.69 Å². The molecule has 2 heterocycles. The van der Waals surface area contributed by atoms with Gasteiger partial charge in [0.05, 0.1) is 16.4 Å². The van der Waals surface area contributed by atoms with Gasteiger partial charge in [-0.2, -0.15) is 5.10 Å². The molecule has 1 aromatic heterocycles. The number of carbonyl (C=O) groups is 1. The fourth-order valence-electron chi connectivity index (χ4n) is 3.97. The van der Waals surface area contributed by atoms with Crippen molar-refractivity contribution in [2.75, 3.05) is 0 Å². The molecule has 9 heteroatoms. The maximum absolute atomic E-state index is 13.1. The number of aromatic nitrogens is 2. The summed E-state index contributed by atoms with van der Waals surface area (Å²) in [5, 5.41) is 8.23. The zero-order valence-electron chi connectivity index (χ0n) is 17.7. The lowest BCUT2D eigenvalue weighted by Crippen LogP contribution is -2.54. The van der Waals surface area contributed by atoms with E-state index >= 15 is 0 Å². The first-order valence-corrected chi connectivity index (χ1v) is 11.4. The molecule has 0 bridgehead atoms. The number of benzene rings is 2. The van der Waals surface area contributed by atoms with E-state index in [-0.39, 0.29) is 30.4 Å². The first kappa shape index (κ1) is 24.9. The Morgan fingerprint density at radius 1 is 0.969 bits per heavy atom. The summed E-state index contributed by atoms with van der Waals surface area (Å²) in [4.78, 5) is 13.1. The molecule has 0 aliphatic carbocycles. The fraction of sp³-hybridized carbons (Fsp3) is 0.304. The summed E-state index contributed by atoms with van der Waals surface area (Å²) in [5.41, 5.74) is 5.59. The molecule has 1 N–H and O–H groups in total. The molecule has 2 atom stereocenters. The number of rotatable bonds is 4. The summed E-state index contributed by atoms with van der Waals surface area (Å²) in [6.07, 6.45) is 3.27. The molecule has 1 aliphatic rings. The molecule has 0 spiro atoms. The van der Waals surface area contributed by atoms with Gasteiger partial charge in [-0.25, -0.2) is 9.69 Å². The van der Waals surface area contributed by atoms with Crippen molar-refractivity contribution in [1.29, 1.82) is 0 Å². The molecule has 2 unspecified atom stereocenters. The standard InChI is InChI=1S/C23H23Cl3N4O.ClH/c1-14-4-3-5-15(2)29(14)28-23(31)20-13-22(16-6-8-17(24)9-7-16)30(27-20)21-11-10-18(25)12-19(21)26;/h6-15H,3-5H2,1-2H3,(H,28,31);1H. The minimum absolute atomic E-state index is 0. The summed E-state index contributed by atoms with van der Waals surface area (Å²) in [6, 6.07) is 14.9. The van der Waals surface area contributed by atoms with Crippen LogP contribution in [0.5, 0.6) is 0 Å². The molecule has 0 saturated carbocycles. The second-order valence-electron chi connectivity index (χ2n) is 7.91. The van der Waals surface area contributed by atoms with E-state index < -0.39 is 0 Å². The van der Waals surface area contributed by atoms with Gasteiger partial charge in [-0.1, -0.05) is 53.4 Å². The van der Waals surface area contributed by atoms with Gasteiger partial charge in [0.2, 0.25) is 0 Å². The first-order valence-electron chi connectivity index (χ1n) is 10.2. The van der Waals surface area contributed by atoms with Crippen molar-refractivity contribution < 1.29 is 4.79 Å². The van der Waals surface area contributed by atoms with Crippen molar-refractivity contribution in [1.82, 2.24) is 20.2 Å². The maximum Gasteiger partial charge on any atom is 0.286 e. The largest absolute Gasteiger partial charge is 0.286 e. The summed E-state index contributed by atoms with van der Waals surface area (Å²) in [6.45, 7) is 4.25. The predicted octanol–water partition coefficient (Wildman–Crippen LogP) is 6.83. The molecule has 1 saturated heterocycles. The molecule has 1 amide bonds. The lowest BCUT2D eigenvalue weighted by atomic mass is 10.00. The van der Waals surface area contributed by atoms with Gasteiger partial charge in [-0.15, -0.1) is 12.4 Å². The van der Waals surface area contributed by atoms with Crippen molar-refractivity contribution in [3.05, 3.63) is 69.3 Å². The Kier molecular flexibility index (Phi) is 8.12. The van der Waals surface area contributed by atoms with E-state index in [1.54, 1.807) is 41.1 Å². The van der Waals surface area contributed by atoms with Crippen LogP contribution >= 0.6 is 47.2 Å². The van der Waals surface area contributed by atoms with Crippen LogP contribution < -0.4 is 5.43 Å². The zero-order chi connectivity index (χ0) is 22.1. The van der Waals surface area contributed by atoms with E-state index in [4.69, 9.17) is 34.8 Å². The smallest absolute Gasteiger partial charge is 0.283 e. The Morgan fingerprint density at radius 3 is 2.22 bits per heavy atom. The number of halogens is 4. The molecule has 1 aliphatic heterocycles. The summed E-state index contributed by atoms with van der Waals surface area (Å²) in [5.74, 6) is -0.250. The number of carbonyl (C=O) groups excluding carboxylic acids is 1. The van der Waals surface area contributed by atoms with E-state index in [2.05, 4.69) is 24.4 Å². The Bertz CT molecular complexity index is 1090. The number of nitrogens with one attached hydrogen (secondary N) is 1. The van der Waals surface area contributed by atoms with Gasteiger partial charge in [0.25, 0.3) is 5.91 Å². The minimum atomic E-state index is -0.250. The van der Waals surface area contributed by atoms with Gasteiger partial charge in [-0.3, -0.25) is 10.2 Å². The first-order chi connectivity index (χ1) is 14.8. The topological polar surface area (TPSA) is 50.2 Å². The van der Waals surface area contributed by atoms with Crippen molar-refractivity contribution in [3.63, 3.8) is 0 Å². The van der Waals surface area contributed by atoms with Crippen molar-refractivity contribution >= 4 is 53.1 Å². The molecule has 4 rings (SSSR count). The normalized spacial score (nSPS) is 18.8. The Labute approximate surface area is 209 Å². The molecule has 32 heavy (non-hydrogen) atoms. The lowest BCUT2D eigenvalue weighted by Gasteiger charge is -2.38. The quantitative estimate of drug-likeness (QED) is 0.416. The average Bonchev–Trinajstić information content (AvgIpc) is 3.16. The van der Waals surface area contributed by atoms with E-state index in [1.807, 2.05) is 17.1 Å². The van der Waals surface area contributed by atoms with Crippen LogP contribution in [0.25, 0.3) is 16.9 Å². The van der Waals surface area contributed by atoms with E-state index in [0.717, 1.165) is 24.1 Å². The van der Waals surface area contributed by atoms with Gasteiger partial charge >= 0.3 is 0 Å². The lowest BCUT2D eigenvalue weighted by molar-refractivity contribution is 0.0366. The van der Waals surface area contributed by atoms with E-state index in [0.29, 0.717) is 26.4 Å². The van der Waals surface area contributed by atoms with Crippen LogP contribution in [0.1, 0.15) is 43.6 Å². The number of amides is 1. The highest BCUT2D eigenvalue weighted by molar-refractivity contribution is 6.35. The van der Waals surface area contributed by atoms with Gasteiger partial charge < -0.3 is 0 Å². The fourth-order valence-corrected chi connectivity index (χ4v) is 4.59. The summed E-state index contributed by atoms with van der Waals surface area (Å²) >= 11 is 18.6. The van der Waals surface area contributed by atoms with Crippen LogP contribution in [-0.2, 0) is 0 Å². The van der Waals surface area contributed by atoms with Gasteiger partial charge in [-0.05, 0) is 63.1 Å². The second-order valence-corrected chi connectivity index (χ2v) is 9.19. The van der Waals surface area contributed by atoms with Crippen LogP contribution in [-0.4, -0.2) is 32.8 Å². The summed E-state index contributed by atoms with van der Waals surface area (Å²) < 4.78 is 1.67. The van der Waals surface area contributed by atoms with Crippen LogP contribution in [0.3, 0.4) is 0 Å². The predicted molar refractivity (Wildman–Crippen MR) is 133 cm³/mol. The molecular formula is C23H24Cl4N4O. The third-order valence-electron chi connectivity index (χ3n) is 5.64. The van der Waals surface area contributed by atoms with Crippen LogP contribution in [0.2, 0.25) is 15.1 Å². The Hall–Kier alpha value is -1.76. The van der Waals surface area contributed by atoms with Gasteiger partial charge in [0.1, 0.15) is 0 Å². The Morgan fingerprint density at radius 2 is 1.59 bits per heavy atom. The SMILES string of the molecule is CC1CCCC(C)N1NC(=O)c1cc(-c2ccc(Cl)cc2)n(-c2ccc(Cl)cc2Cl)n1.Cl. The molecule has 2 aromatic carbocycles. The second kappa shape index (κ2) is 10.4. The highest BCUT2D eigenvalue weighted by atomic mass is 35.5. The van der Waals surface area contributed by atoms with Crippen molar-refractivity contribution in [2.45, 2.75) is 45.2 Å². The molecule has 1 fully saturated rings. The van der Waals surface area contributed by atoms with Crippen LogP contribution in [0.4, 0.5) is 0 Å². The number of hydrogen-bond acceptors (Lipinski definition) is 3. The number of hydrazine groups is 1. The van der Waals surface area contributed by atoms with Crippen molar-refractivity contribution in [3.8, 4) is 16.9 Å². The summed E-state index contributed by atoms with van der Waals surface area (Å²) in [7, 11) is 0. The maximum atomic E-state index is 13.1. The highest BCUT2D eigenvalue weighted by Crippen LogP contribution is 2.30. The molecule has 170 valence electrons. The molecule has 5 nitrogen and oxygen atoms in total. The molecular weight excluding hydrogens is 490 g/mol. The van der Waals surface area contributed by atoms with Crippen LogP contribution in [0.15, 0.2) is 48.5 Å². The number of nitrogens with zero attached hydrogens (tertiary/aromatic N) is 3. The Balaban J connectivity index is 0.00000289. The number of piperidine rings is 1. The highest BCUT2D eigenvalue weighted by Gasteiger charge is 2.28. The third kappa shape index (κ3) is 5.24. The number of hydrogen-bond donors (Lipinski definition) is 1. The minimum Gasteiger partial charge on any atom is -0.283 e. The molecule has 3 aromatic rings. The average molecular weight is 514 g/mol. The van der Waals surface area contributed by atoms with E-state index in [9.17, 15) is 4.79 Å². The third-order valence-corrected chi connectivity index (χ3v) is 6.43. The van der Waals surface area contributed by atoms with Crippen molar-refractivity contribution in [2.24, 2.45) is 0 Å². The van der Waals surface area contributed by atoms with Crippen LogP contribution in [0, 0.1) is 0 Å².